The summed E-state index contributed by atoms with van der Waals surface area (Å²) in [6, 6.07) is 14.1. The summed E-state index contributed by atoms with van der Waals surface area (Å²) in [5, 5.41) is 6.87. The van der Waals surface area contributed by atoms with Gasteiger partial charge in [0.25, 0.3) is 17.7 Å². The van der Waals surface area contributed by atoms with Crippen molar-refractivity contribution < 1.29 is 19.1 Å². The molecule has 3 N–H and O–H groups in total. The predicted molar refractivity (Wildman–Crippen MR) is 120 cm³/mol. The number of anilines is 2. The van der Waals surface area contributed by atoms with Gasteiger partial charge in [-0.25, -0.2) is 5.01 Å². The van der Waals surface area contributed by atoms with Gasteiger partial charge in [0.2, 0.25) is 5.84 Å². The molecule has 32 heavy (non-hydrogen) atoms. The van der Waals surface area contributed by atoms with Crippen LogP contribution in [0.25, 0.3) is 0 Å². The maximum atomic E-state index is 12.9. The van der Waals surface area contributed by atoms with Gasteiger partial charge in [-0.15, -0.1) is 0 Å². The third kappa shape index (κ3) is 4.94. The lowest BCUT2D eigenvalue weighted by Crippen LogP contribution is -2.54. The Hall–Kier alpha value is -3.72. The number of hydrogen-bond donors (Lipinski definition) is 3. The van der Waals surface area contributed by atoms with Crippen LogP contribution < -0.4 is 21.1 Å². The zero-order valence-corrected chi connectivity index (χ0v) is 17.8. The van der Waals surface area contributed by atoms with Gasteiger partial charge in [-0.3, -0.25) is 24.8 Å². The van der Waals surface area contributed by atoms with Crippen molar-refractivity contribution in [2.24, 2.45) is 4.99 Å². The highest BCUT2D eigenvalue weighted by atomic mass is 16.5. The van der Waals surface area contributed by atoms with Crippen molar-refractivity contribution >= 4 is 34.9 Å². The summed E-state index contributed by atoms with van der Waals surface area (Å²) in [6.07, 6.45) is 1.93. The molecule has 1 saturated heterocycles. The van der Waals surface area contributed by atoms with Gasteiger partial charge in [0.1, 0.15) is 6.54 Å². The highest BCUT2D eigenvalue weighted by Crippen LogP contribution is 2.18. The van der Waals surface area contributed by atoms with Crippen LogP contribution in [0.3, 0.4) is 0 Å². The quantitative estimate of drug-likeness (QED) is 0.641. The Labute approximate surface area is 185 Å². The lowest BCUT2D eigenvalue weighted by atomic mass is 10.1. The van der Waals surface area contributed by atoms with Crippen molar-refractivity contribution in [3.8, 4) is 0 Å². The van der Waals surface area contributed by atoms with E-state index in [0.717, 1.165) is 18.4 Å². The van der Waals surface area contributed by atoms with Crippen LogP contribution in [0.5, 0.6) is 0 Å². The number of carbonyl (C=O) groups is 3. The maximum Gasteiger partial charge on any atom is 0.292 e. The third-order valence-electron chi connectivity index (χ3n) is 5.28. The standard InChI is InChI=1S/C23H25N5O4/c1-15-8-10-16(11-9-15)28-20(29)14-24-21(27-28)23(31)26-19-7-3-2-6-18(19)22(30)25-13-17-5-4-12-32-17/h2-3,6-11,17H,4-5,12-14H2,1H3,(H,24,27)(H,25,30)(H,26,31)/t17-/m1/s1. The van der Waals surface area contributed by atoms with Crippen LogP contribution in [-0.4, -0.2) is 49.4 Å². The second-order valence-electron chi connectivity index (χ2n) is 7.69. The van der Waals surface area contributed by atoms with Gasteiger partial charge < -0.3 is 15.4 Å². The fourth-order valence-electron chi connectivity index (χ4n) is 3.52. The van der Waals surface area contributed by atoms with Crippen LogP contribution in [0.15, 0.2) is 53.5 Å². The summed E-state index contributed by atoms with van der Waals surface area (Å²) in [4.78, 5) is 41.9. The molecule has 166 valence electrons. The number of aryl methyl sites for hydroxylation is 1. The first kappa shape index (κ1) is 21.5. The Kier molecular flexibility index (Phi) is 6.46. The number of carbonyl (C=O) groups excluding carboxylic acids is 3. The molecule has 2 aliphatic heterocycles. The van der Waals surface area contributed by atoms with E-state index in [1.807, 2.05) is 19.1 Å². The number of para-hydroxylation sites is 1. The van der Waals surface area contributed by atoms with Gasteiger partial charge in [-0.1, -0.05) is 29.8 Å². The molecular weight excluding hydrogens is 410 g/mol. The molecule has 2 aliphatic rings. The van der Waals surface area contributed by atoms with Crippen LogP contribution in [0.4, 0.5) is 11.4 Å². The van der Waals surface area contributed by atoms with Crippen molar-refractivity contribution in [3.63, 3.8) is 0 Å². The molecule has 0 bridgehead atoms. The second kappa shape index (κ2) is 9.61. The van der Waals surface area contributed by atoms with Gasteiger partial charge in [0, 0.05) is 13.2 Å². The van der Waals surface area contributed by atoms with Crippen LogP contribution in [0.2, 0.25) is 0 Å². The van der Waals surface area contributed by atoms with Crippen molar-refractivity contribution in [1.29, 1.82) is 0 Å². The van der Waals surface area contributed by atoms with Crippen LogP contribution in [0, 0.1) is 6.92 Å². The number of aliphatic imine (C=N–C) groups is 1. The SMILES string of the molecule is Cc1ccc(N2NC(C(=O)Nc3ccccc3C(=O)NC[C@H]3CCCO3)=NCC2=O)cc1. The van der Waals surface area contributed by atoms with Gasteiger partial charge in [-0.2, -0.15) is 0 Å². The topological polar surface area (TPSA) is 112 Å². The molecule has 2 aromatic carbocycles. The molecule has 0 saturated carbocycles. The Bertz CT molecular complexity index is 1040. The van der Waals surface area contributed by atoms with Gasteiger partial charge >= 0.3 is 0 Å². The molecule has 3 amide bonds. The Morgan fingerprint density at radius 2 is 1.94 bits per heavy atom. The molecular formula is C23H25N5O4. The molecule has 2 heterocycles. The van der Waals surface area contributed by atoms with E-state index in [4.69, 9.17) is 4.74 Å². The fourth-order valence-corrected chi connectivity index (χ4v) is 3.52. The lowest BCUT2D eigenvalue weighted by molar-refractivity contribution is -0.118. The Balaban J connectivity index is 1.43. The molecule has 2 aromatic rings. The molecule has 9 heteroatoms. The summed E-state index contributed by atoms with van der Waals surface area (Å²) in [5.74, 6) is -1.14. The number of rotatable bonds is 6. The molecule has 4 rings (SSSR count). The van der Waals surface area contributed by atoms with E-state index in [0.29, 0.717) is 30.1 Å². The molecule has 0 radical (unpaired) electrons. The molecule has 9 nitrogen and oxygen atoms in total. The molecule has 1 fully saturated rings. The number of hydrogen-bond acceptors (Lipinski definition) is 6. The van der Waals surface area contributed by atoms with Crippen molar-refractivity contribution in [2.45, 2.75) is 25.9 Å². The monoisotopic (exact) mass is 435 g/mol. The number of ether oxygens (including phenoxy) is 1. The van der Waals surface area contributed by atoms with E-state index in [9.17, 15) is 14.4 Å². The minimum atomic E-state index is -0.547. The third-order valence-corrected chi connectivity index (χ3v) is 5.28. The molecule has 1 atom stereocenters. The average Bonchev–Trinajstić information content (AvgIpc) is 3.32. The molecule has 0 unspecified atom stereocenters. The predicted octanol–water partition coefficient (Wildman–Crippen LogP) is 1.79. The summed E-state index contributed by atoms with van der Waals surface area (Å²) >= 11 is 0. The lowest BCUT2D eigenvalue weighted by Gasteiger charge is -2.27. The normalized spacial score (nSPS) is 18.0. The van der Waals surface area contributed by atoms with E-state index >= 15 is 0 Å². The smallest absolute Gasteiger partial charge is 0.292 e. The Morgan fingerprint density at radius 1 is 1.16 bits per heavy atom. The summed E-state index contributed by atoms with van der Waals surface area (Å²) < 4.78 is 5.53. The first-order chi connectivity index (χ1) is 15.5. The minimum absolute atomic E-state index is 0.0141. The van der Waals surface area contributed by atoms with Crippen molar-refractivity contribution in [2.75, 3.05) is 30.0 Å². The summed E-state index contributed by atoms with van der Waals surface area (Å²) in [6.45, 7) is 2.92. The zero-order valence-electron chi connectivity index (χ0n) is 17.8. The number of nitrogens with zero attached hydrogens (tertiary/aromatic N) is 2. The van der Waals surface area contributed by atoms with Gasteiger partial charge in [-0.05, 0) is 44.0 Å². The van der Waals surface area contributed by atoms with E-state index in [2.05, 4.69) is 21.1 Å². The largest absolute Gasteiger partial charge is 0.376 e. The van der Waals surface area contributed by atoms with E-state index in [-0.39, 0.29) is 30.3 Å². The van der Waals surface area contributed by atoms with Gasteiger partial charge in [0.15, 0.2) is 0 Å². The van der Waals surface area contributed by atoms with E-state index < -0.39 is 5.91 Å². The van der Waals surface area contributed by atoms with Crippen LogP contribution >= 0.6 is 0 Å². The average molecular weight is 435 g/mol. The number of hydrazine groups is 1. The molecule has 0 aromatic heterocycles. The first-order valence-electron chi connectivity index (χ1n) is 10.5. The summed E-state index contributed by atoms with van der Waals surface area (Å²) in [5.41, 5.74) is 5.12. The van der Waals surface area contributed by atoms with E-state index in [1.165, 1.54) is 5.01 Å². The number of benzene rings is 2. The first-order valence-corrected chi connectivity index (χ1v) is 10.5. The maximum absolute atomic E-state index is 12.9. The van der Waals surface area contributed by atoms with Crippen LogP contribution in [0.1, 0.15) is 28.8 Å². The van der Waals surface area contributed by atoms with Crippen molar-refractivity contribution in [1.82, 2.24) is 10.7 Å². The zero-order chi connectivity index (χ0) is 22.5. The van der Waals surface area contributed by atoms with Crippen molar-refractivity contribution in [3.05, 3.63) is 59.7 Å². The second-order valence-corrected chi connectivity index (χ2v) is 7.69. The Morgan fingerprint density at radius 3 is 2.69 bits per heavy atom. The molecule has 0 spiro atoms. The number of nitrogens with one attached hydrogen (secondary N) is 3. The fraction of sp³-hybridized carbons (Fsp3) is 0.304. The van der Waals surface area contributed by atoms with E-state index in [1.54, 1.807) is 36.4 Å². The minimum Gasteiger partial charge on any atom is -0.376 e. The highest BCUT2D eigenvalue weighted by Gasteiger charge is 2.26. The van der Waals surface area contributed by atoms with Crippen LogP contribution in [-0.2, 0) is 14.3 Å². The number of amides is 3. The highest BCUT2D eigenvalue weighted by molar-refractivity contribution is 6.43. The number of amidine groups is 1. The van der Waals surface area contributed by atoms with Gasteiger partial charge in [0.05, 0.1) is 23.0 Å². The summed E-state index contributed by atoms with van der Waals surface area (Å²) in [7, 11) is 0. The molecule has 0 aliphatic carbocycles.